The highest BCUT2D eigenvalue weighted by molar-refractivity contribution is 5.94. The molecule has 0 aliphatic carbocycles. The lowest BCUT2D eigenvalue weighted by Crippen LogP contribution is -2.47. The van der Waals surface area contributed by atoms with Crippen LogP contribution in [0.5, 0.6) is 0 Å². The van der Waals surface area contributed by atoms with E-state index in [-0.39, 0.29) is 30.3 Å². The molecule has 2 atom stereocenters. The van der Waals surface area contributed by atoms with E-state index in [0.29, 0.717) is 24.9 Å². The summed E-state index contributed by atoms with van der Waals surface area (Å²) in [5.74, 6) is -1.45. The molecule has 142 valence electrons. The number of carboxylic acids is 1. The van der Waals surface area contributed by atoms with E-state index in [1.807, 2.05) is 32.9 Å². The molecule has 1 aliphatic heterocycles. The lowest BCUT2D eigenvalue weighted by atomic mass is 9.93. The minimum Gasteiger partial charge on any atom is -0.481 e. The highest BCUT2D eigenvalue weighted by Crippen LogP contribution is 2.24. The maximum absolute atomic E-state index is 12.8. The van der Waals surface area contributed by atoms with Crippen molar-refractivity contribution in [2.24, 2.45) is 11.8 Å². The number of piperidine rings is 1. The van der Waals surface area contributed by atoms with E-state index in [4.69, 9.17) is 0 Å². The monoisotopic (exact) mass is 360 g/mol. The van der Waals surface area contributed by atoms with Gasteiger partial charge in [-0.2, -0.15) is 0 Å². The Kier molecular flexibility index (Phi) is 6.40. The molecule has 0 spiro atoms. The largest absolute Gasteiger partial charge is 0.481 e. The van der Waals surface area contributed by atoms with Crippen molar-refractivity contribution in [3.63, 3.8) is 0 Å². The first-order valence-electron chi connectivity index (χ1n) is 9.08. The maximum atomic E-state index is 12.8. The van der Waals surface area contributed by atoms with E-state index in [1.165, 1.54) is 0 Å². The Morgan fingerprint density at radius 2 is 1.81 bits per heavy atom. The second kappa shape index (κ2) is 8.34. The van der Waals surface area contributed by atoms with Gasteiger partial charge in [0.2, 0.25) is 5.91 Å². The maximum Gasteiger partial charge on any atom is 0.308 e. The lowest BCUT2D eigenvalue weighted by Gasteiger charge is -2.36. The van der Waals surface area contributed by atoms with Crippen LogP contribution in [0.15, 0.2) is 24.3 Å². The summed E-state index contributed by atoms with van der Waals surface area (Å²) in [5, 5.41) is 9.23. The Morgan fingerprint density at radius 3 is 2.35 bits per heavy atom. The summed E-state index contributed by atoms with van der Waals surface area (Å²) in [4.78, 5) is 39.3. The first-order valence-corrected chi connectivity index (χ1v) is 9.08. The summed E-state index contributed by atoms with van der Waals surface area (Å²) in [7, 11) is 1.77. The highest BCUT2D eigenvalue weighted by Gasteiger charge is 2.32. The minimum atomic E-state index is -0.845. The number of hydrogen-bond acceptors (Lipinski definition) is 3. The molecule has 2 amide bonds. The molecule has 6 heteroatoms. The van der Waals surface area contributed by atoms with Crippen LogP contribution in [0.1, 0.15) is 49.5 Å². The normalized spacial score (nSPS) is 20.1. The number of amides is 2. The van der Waals surface area contributed by atoms with Crippen LogP contribution in [0.2, 0.25) is 0 Å². The average molecular weight is 360 g/mol. The number of carboxylic acid groups (broad SMARTS) is 1. The standard InChI is InChI=1S/C20H28N2O4/c1-13(2)18(23)21(4)11-15-6-9-16(10-7-15)19(24)22-12-17(20(25)26)8-5-14(22)3/h6-7,9-10,13-14,17H,5,8,11-12H2,1-4H3,(H,25,26). The molecule has 2 rings (SSSR count). The van der Waals surface area contributed by atoms with Crippen LogP contribution in [0.3, 0.4) is 0 Å². The molecule has 0 bridgehead atoms. The van der Waals surface area contributed by atoms with Gasteiger partial charge in [-0.25, -0.2) is 0 Å². The van der Waals surface area contributed by atoms with Crippen LogP contribution in [0, 0.1) is 11.8 Å². The van der Waals surface area contributed by atoms with Crippen LogP contribution in [-0.2, 0) is 16.1 Å². The van der Waals surface area contributed by atoms with E-state index >= 15 is 0 Å². The van der Waals surface area contributed by atoms with Crippen molar-refractivity contribution >= 4 is 17.8 Å². The molecule has 1 saturated heterocycles. The van der Waals surface area contributed by atoms with Gasteiger partial charge in [0, 0.05) is 37.7 Å². The van der Waals surface area contributed by atoms with Gasteiger partial charge in [-0.1, -0.05) is 26.0 Å². The fourth-order valence-electron chi connectivity index (χ4n) is 3.30. The molecule has 26 heavy (non-hydrogen) atoms. The smallest absolute Gasteiger partial charge is 0.308 e. The van der Waals surface area contributed by atoms with Gasteiger partial charge in [-0.3, -0.25) is 14.4 Å². The molecule has 1 fully saturated rings. The van der Waals surface area contributed by atoms with E-state index in [0.717, 1.165) is 5.56 Å². The van der Waals surface area contributed by atoms with E-state index in [1.54, 1.807) is 29.0 Å². The molecule has 0 saturated carbocycles. The highest BCUT2D eigenvalue weighted by atomic mass is 16.4. The second-order valence-corrected chi connectivity index (χ2v) is 7.46. The van der Waals surface area contributed by atoms with Crippen LogP contribution in [-0.4, -0.2) is 52.3 Å². The topological polar surface area (TPSA) is 77.9 Å². The second-order valence-electron chi connectivity index (χ2n) is 7.46. The molecule has 0 radical (unpaired) electrons. The van der Waals surface area contributed by atoms with Crippen molar-refractivity contribution in [2.45, 2.75) is 46.2 Å². The summed E-state index contributed by atoms with van der Waals surface area (Å²) in [6.07, 6.45) is 1.30. The van der Waals surface area contributed by atoms with Gasteiger partial charge in [0.1, 0.15) is 0 Å². The Morgan fingerprint density at radius 1 is 1.19 bits per heavy atom. The third-order valence-corrected chi connectivity index (χ3v) is 4.98. The summed E-state index contributed by atoms with van der Waals surface area (Å²) >= 11 is 0. The van der Waals surface area contributed by atoms with Gasteiger partial charge in [-0.15, -0.1) is 0 Å². The molecular weight excluding hydrogens is 332 g/mol. The van der Waals surface area contributed by atoms with Crippen molar-refractivity contribution in [2.75, 3.05) is 13.6 Å². The van der Waals surface area contributed by atoms with E-state index in [2.05, 4.69) is 0 Å². The zero-order valence-corrected chi connectivity index (χ0v) is 15.9. The number of aliphatic carboxylic acids is 1. The molecule has 0 aromatic heterocycles. The molecule has 1 N–H and O–H groups in total. The van der Waals surface area contributed by atoms with Crippen molar-refractivity contribution in [3.05, 3.63) is 35.4 Å². The van der Waals surface area contributed by atoms with Crippen LogP contribution in [0.25, 0.3) is 0 Å². The molecule has 1 aromatic carbocycles. The predicted molar refractivity (Wildman–Crippen MR) is 98.6 cm³/mol. The van der Waals surface area contributed by atoms with Crippen molar-refractivity contribution in [1.82, 2.24) is 9.80 Å². The Hall–Kier alpha value is -2.37. The Bertz CT molecular complexity index is 669. The minimum absolute atomic E-state index is 0.0348. The first-order chi connectivity index (χ1) is 12.2. The third kappa shape index (κ3) is 4.62. The van der Waals surface area contributed by atoms with Gasteiger partial charge >= 0.3 is 5.97 Å². The lowest BCUT2D eigenvalue weighted by molar-refractivity contribution is -0.143. The Balaban J connectivity index is 2.06. The zero-order valence-electron chi connectivity index (χ0n) is 15.9. The van der Waals surface area contributed by atoms with Gasteiger partial charge in [-0.05, 0) is 37.5 Å². The van der Waals surface area contributed by atoms with Crippen molar-refractivity contribution in [3.8, 4) is 0 Å². The number of carbonyl (C=O) groups is 3. The zero-order chi connectivity index (χ0) is 19.4. The first kappa shape index (κ1) is 19.9. The van der Waals surface area contributed by atoms with E-state index in [9.17, 15) is 19.5 Å². The summed E-state index contributed by atoms with van der Waals surface area (Å²) in [6.45, 7) is 6.43. The fourth-order valence-corrected chi connectivity index (χ4v) is 3.30. The predicted octanol–water partition coefficient (Wildman–Crippen LogP) is 2.63. The van der Waals surface area contributed by atoms with Crippen LogP contribution < -0.4 is 0 Å². The molecule has 1 aliphatic rings. The molecule has 6 nitrogen and oxygen atoms in total. The SMILES string of the molecule is CC(C)C(=O)N(C)Cc1ccc(C(=O)N2CC(C(=O)O)CCC2C)cc1. The van der Waals surface area contributed by atoms with Crippen molar-refractivity contribution in [1.29, 1.82) is 0 Å². The van der Waals surface area contributed by atoms with Gasteiger partial charge < -0.3 is 14.9 Å². The summed E-state index contributed by atoms with van der Waals surface area (Å²) in [5.41, 5.74) is 1.50. The number of benzene rings is 1. The summed E-state index contributed by atoms with van der Waals surface area (Å²) in [6, 6.07) is 7.24. The van der Waals surface area contributed by atoms with Crippen LogP contribution in [0.4, 0.5) is 0 Å². The molecule has 2 unspecified atom stereocenters. The quantitative estimate of drug-likeness (QED) is 0.876. The fraction of sp³-hybridized carbons (Fsp3) is 0.550. The number of hydrogen-bond donors (Lipinski definition) is 1. The Labute approximate surface area is 154 Å². The van der Waals surface area contributed by atoms with Gasteiger partial charge in [0.05, 0.1) is 5.92 Å². The molecule has 1 heterocycles. The van der Waals surface area contributed by atoms with Crippen LogP contribution >= 0.6 is 0 Å². The van der Waals surface area contributed by atoms with Gasteiger partial charge in [0.25, 0.3) is 5.91 Å². The number of nitrogens with zero attached hydrogens (tertiary/aromatic N) is 2. The summed E-state index contributed by atoms with van der Waals surface area (Å²) < 4.78 is 0. The van der Waals surface area contributed by atoms with Gasteiger partial charge in [0.15, 0.2) is 0 Å². The van der Waals surface area contributed by atoms with Crippen molar-refractivity contribution < 1.29 is 19.5 Å². The molecule has 1 aromatic rings. The van der Waals surface area contributed by atoms with E-state index < -0.39 is 11.9 Å². The number of carbonyl (C=O) groups excluding carboxylic acids is 2. The average Bonchev–Trinajstić information content (AvgIpc) is 2.61. The number of likely N-dealkylation sites (tertiary alicyclic amines) is 1. The molecular formula is C20H28N2O4. The number of rotatable bonds is 5. The third-order valence-electron chi connectivity index (χ3n) is 4.98.